The molecular weight excluding hydrogens is 278 g/mol. The van der Waals surface area contributed by atoms with E-state index in [0.717, 1.165) is 28.6 Å². The van der Waals surface area contributed by atoms with Gasteiger partial charge in [-0.3, -0.25) is 4.79 Å². The number of carbonyl (C=O) groups is 1. The lowest BCUT2D eigenvalue weighted by Gasteiger charge is -2.13. The maximum atomic E-state index is 12.0. The minimum absolute atomic E-state index is 0.0328. The fourth-order valence-corrected chi connectivity index (χ4v) is 2.31. The number of carbonyl (C=O) groups excluding carboxylic acids is 1. The second kappa shape index (κ2) is 4.81. The van der Waals surface area contributed by atoms with Gasteiger partial charge < -0.3 is 5.32 Å². The minimum Gasteiger partial charge on any atom is -0.351 e. The van der Waals surface area contributed by atoms with E-state index in [9.17, 15) is 4.79 Å². The molecule has 0 aromatic heterocycles. The van der Waals surface area contributed by atoms with Gasteiger partial charge >= 0.3 is 0 Å². The van der Waals surface area contributed by atoms with Crippen LogP contribution in [0, 0.1) is 12.3 Å². The first-order valence-corrected chi connectivity index (χ1v) is 6.90. The highest BCUT2D eigenvalue weighted by atomic mass is 79.9. The van der Waals surface area contributed by atoms with Crippen molar-refractivity contribution in [3.8, 4) is 0 Å². The Hall–Kier alpha value is -0.830. The van der Waals surface area contributed by atoms with Gasteiger partial charge in [-0.05, 0) is 49.3 Å². The van der Waals surface area contributed by atoms with Crippen molar-refractivity contribution < 1.29 is 4.79 Å². The van der Waals surface area contributed by atoms with Crippen LogP contribution in [0.1, 0.15) is 42.1 Å². The molecule has 17 heavy (non-hydrogen) atoms. The molecule has 0 aliphatic heterocycles. The third-order valence-corrected chi connectivity index (χ3v) is 4.62. The SMILES string of the molecule is CCC1(CNC(=O)c2ccc(C)c(Br)c2)CC1. The van der Waals surface area contributed by atoms with Gasteiger partial charge in [0.2, 0.25) is 0 Å². The summed E-state index contributed by atoms with van der Waals surface area (Å²) in [6, 6.07) is 5.73. The molecule has 1 aliphatic rings. The molecule has 1 aromatic carbocycles. The monoisotopic (exact) mass is 295 g/mol. The normalized spacial score (nSPS) is 16.6. The maximum absolute atomic E-state index is 12.0. The summed E-state index contributed by atoms with van der Waals surface area (Å²) in [5, 5.41) is 3.04. The molecule has 1 amide bonds. The molecule has 1 aromatic rings. The first kappa shape index (κ1) is 12.6. The lowest BCUT2D eigenvalue weighted by atomic mass is 10.0. The number of benzene rings is 1. The quantitative estimate of drug-likeness (QED) is 0.902. The van der Waals surface area contributed by atoms with Crippen molar-refractivity contribution >= 4 is 21.8 Å². The standard InChI is InChI=1S/C14H18BrNO/c1-3-14(6-7-14)9-16-13(17)11-5-4-10(2)12(15)8-11/h4-5,8H,3,6-7,9H2,1-2H3,(H,16,17). The van der Waals surface area contributed by atoms with Crippen molar-refractivity contribution in [2.24, 2.45) is 5.41 Å². The summed E-state index contributed by atoms with van der Waals surface area (Å²) in [6.45, 7) is 5.03. The average molecular weight is 296 g/mol. The molecule has 2 rings (SSSR count). The molecule has 0 saturated heterocycles. The average Bonchev–Trinajstić information content (AvgIpc) is 3.10. The molecule has 0 bridgehead atoms. The zero-order valence-electron chi connectivity index (χ0n) is 10.3. The number of nitrogens with one attached hydrogen (secondary N) is 1. The summed E-state index contributed by atoms with van der Waals surface area (Å²) < 4.78 is 0.988. The number of halogens is 1. The van der Waals surface area contributed by atoms with E-state index in [1.807, 2.05) is 25.1 Å². The molecule has 0 radical (unpaired) electrons. The summed E-state index contributed by atoms with van der Waals surface area (Å²) in [4.78, 5) is 12.0. The van der Waals surface area contributed by atoms with Gasteiger partial charge in [-0.1, -0.05) is 28.9 Å². The van der Waals surface area contributed by atoms with E-state index in [1.165, 1.54) is 12.8 Å². The predicted octanol–water partition coefficient (Wildman–Crippen LogP) is 3.68. The van der Waals surface area contributed by atoms with Crippen LogP contribution in [0.25, 0.3) is 0 Å². The number of amides is 1. The van der Waals surface area contributed by atoms with Gasteiger partial charge in [-0.2, -0.15) is 0 Å². The molecule has 1 aliphatic carbocycles. The molecule has 0 heterocycles. The van der Waals surface area contributed by atoms with E-state index >= 15 is 0 Å². The van der Waals surface area contributed by atoms with Crippen molar-refractivity contribution in [2.75, 3.05) is 6.54 Å². The fourth-order valence-electron chi connectivity index (χ4n) is 1.94. The van der Waals surface area contributed by atoms with Crippen LogP contribution in [0.3, 0.4) is 0 Å². The van der Waals surface area contributed by atoms with Crippen molar-refractivity contribution in [3.63, 3.8) is 0 Å². The van der Waals surface area contributed by atoms with Crippen LogP contribution in [0.15, 0.2) is 22.7 Å². The van der Waals surface area contributed by atoms with E-state index in [1.54, 1.807) is 0 Å². The Morgan fingerprint density at radius 3 is 2.71 bits per heavy atom. The molecule has 0 unspecified atom stereocenters. The van der Waals surface area contributed by atoms with Crippen LogP contribution < -0.4 is 5.32 Å². The highest BCUT2D eigenvalue weighted by Crippen LogP contribution is 2.47. The fraction of sp³-hybridized carbons (Fsp3) is 0.500. The van der Waals surface area contributed by atoms with Gasteiger partial charge in [0, 0.05) is 16.6 Å². The molecular formula is C14H18BrNO. The molecule has 1 N–H and O–H groups in total. The second-order valence-electron chi connectivity index (χ2n) is 5.00. The summed E-state index contributed by atoms with van der Waals surface area (Å²) in [6.07, 6.45) is 3.66. The van der Waals surface area contributed by atoms with E-state index in [0.29, 0.717) is 5.41 Å². The van der Waals surface area contributed by atoms with Crippen molar-refractivity contribution in [3.05, 3.63) is 33.8 Å². The largest absolute Gasteiger partial charge is 0.351 e. The predicted molar refractivity (Wildman–Crippen MR) is 73.2 cm³/mol. The van der Waals surface area contributed by atoms with Crippen LogP contribution >= 0.6 is 15.9 Å². The molecule has 1 fully saturated rings. The van der Waals surface area contributed by atoms with Gasteiger partial charge in [0.1, 0.15) is 0 Å². The summed E-state index contributed by atoms with van der Waals surface area (Å²) in [7, 11) is 0. The Balaban J connectivity index is 1.97. The number of rotatable bonds is 4. The number of hydrogen-bond acceptors (Lipinski definition) is 1. The highest BCUT2D eigenvalue weighted by molar-refractivity contribution is 9.10. The van der Waals surface area contributed by atoms with Crippen molar-refractivity contribution in [1.29, 1.82) is 0 Å². The molecule has 3 heteroatoms. The summed E-state index contributed by atoms with van der Waals surface area (Å²) >= 11 is 3.45. The third-order valence-electron chi connectivity index (χ3n) is 3.77. The minimum atomic E-state index is 0.0328. The Labute approximate surface area is 111 Å². The Morgan fingerprint density at radius 2 is 2.18 bits per heavy atom. The van der Waals surface area contributed by atoms with Gasteiger partial charge in [0.15, 0.2) is 0 Å². The topological polar surface area (TPSA) is 29.1 Å². The Kier molecular flexibility index (Phi) is 3.57. The second-order valence-corrected chi connectivity index (χ2v) is 5.85. The van der Waals surface area contributed by atoms with Gasteiger partial charge in [-0.25, -0.2) is 0 Å². The van der Waals surface area contributed by atoms with E-state index < -0.39 is 0 Å². The number of aryl methyl sites for hydroxylation is 1. The first-order valence-electron chi connectivity index (χ1n) is 6.11. The highest BCUT2D eigenvalue weighted by Gasteiger charge is 2.40. The zero-order valence-corrected chi connectivity index (χ0v) is 11.9. The third kappa shape index (κ3) is 2.89. The maximum Gasteiger partial charge on any atom is 0.251 e. The van der Waals surface area contributed by atoms with Crippen LogP contribution in [-0.4, -0.2) is 12.5 Å². The van der Waals surface area contributed by atoms with Gasteiger partial charge in [0.05, 0.1) is 0 Å². The van der Waals surface area contributed by atoms with Crippen LogP contribution in [0.4, 0.5) is 0 Å². The van der Waals surface area contributed by atoms with Crippen molar-refractivity contribution in [1.82, 2.24) is 5.32 Å². The molecule has 92 valence electrons. The molecule has 0 atom stereocenters. The molecule has 1 saturated carbocycles. The smallest absolute Gasteiger partial charge is 0.251 e. The first-order chi connectivity index (χ1) is 8.06. The summed E-state index contributed by atoms with van der Waals surface area (Å²) in [5.41, 5.74) is 2.28. The van der Waals surface area contributed by atoms with Crippen LogP contribution in [-0.2, 0) is 0 Å². The van der Waals surface area contributed by atoms with Gasteiger partial charge in [-0.15, -0.1) is 0 Å². The lowest BCUT2D eigenvalue weighted by Crippen LogP contribution is -2.29. The van der Waals surface area contributed by atoms with Gasteiger partial charge in [0.25, 0.3) is 5.91 Å². The van der Waals surface area contributed by atoms with E-state index in [-0.39, 0.29) is 5.91 Å². The van der Waals surface area contributed by atoms with Crippen LogP contribution in [0.5, 0.6) is 0 Å². The van der Waals surface area contributed by atoms with E-state index in [4.69, 9.17) is 0 Å². The number of hydrogen-bond donors (Lipinski definition) is 1. The zero-order chi connectivity index (χ0) is 12.5. The summed E-state index contributed by atoms with van der Waals surface area (Å²) in [5.74, 6) is 0.0328. The molecule has 2 nitrogen and oxygen atoms in total. The molecule has 0 spiro atoms. The Bertz CT molecular complexity index is 438. The lowest BCUT2D eigenvalue weighted by molar-refractivity contribution is 0.0944. The van der Waals surface area contributed by atoms with Crippen molar-refractivity contribution in [2.45, 2.75) is 33.1 Å². The van der Waals surface area contributed by atoms with Crippen LogP contribution in [0.2, 0.25) is 0 Å². The Morgan fingerprint density at radius 1 is 1.47 bits per heavy atom. The van der Waals surface area contributed by atoms with E-state index in [2.05, 4.69) is 28.2 Å².